The second kappa shape index (κ2) is 4.90. The molecule has 0 saturated carbocycles. The summed E-state index contributed by atoms with van der Waals surface area (Å²) in [5.41, 5.74) is 0. The van der Waals surface area contributed by atoms with Gasteiger partial charge < -0.3 is 4.52 Å². The van der Waals surface area contributed by atoms with Crippen molar-refractivity contribution in [2.45, 2.75) is 0 Å². The molecule has 5 heteroatoms. The second-order valence-electron chi connectivity index (χ2n) is 2.91. The molecule has 0 atom stereocenters. The van der Waals surface area contributed by atoms with E-state index in [9.17, 15) is 0 Å². The average Bonchev–Trinajstić information content (AvgIpc) is 2.45. The van der Waals surface area contributed by atoms with Crippen molar-refractivity contribution in [2.24, 2.45) is 0 Å². The predicted molar refractivity (Wildman–Crippen MR) is 62.4 cm³/mol. The Morgan fingerprint density at radius 3 is 2.27 bits per heavy atom. The van der Waals surface area contributed by atoms with Gasteiger partial charge in [-0.15, -0.1) is 0 Å². The lowest BCUT2D eigenvalue weighted by Crippen LogP contribution is -2.00. The SMILES string of the molecule is S=P1(Oc2ccccc2)OCC=CCO1. The van der Waals surface area contributed by atoms with Gasteiger partial charge in [0.05, 0.1) is 13.2 Å². The van der Waals surface area contributed by atoms with Gasteiger partial charge in [0.15, 0.2) is 0 Å². The monoisotopic (exact) mass is 242 g/mol. The topological polar surface area (TPSA) is 27.7 Å². The van der Waals surface area contributed by atoms with Crippen LogP contribution in [0.3, 0.4) is 0 Å². The maximum absolute atomic E-state index is 5.56. The van der Waals surface area contributed by atoms with Crippen LogP contribution in [0.1, 0.15) is 0 Å². The predicted octanol–water partition coefficient (Wildman–Crippen LogP) is 2.89. The fraction of sp³-hybridized carbons (Fsp3) is 0.200. The second-order valence-corrected chi connectivity index (χ2v) is 5.85. The van der Waals surface area contributed by atoms with Crippen molar-refractivity contribution in [1.29, 1.82) is 0 Å². The third-order valence-electron chi connectivity index (χ3n) is 1.78. The summed E-state index contributed by atoms with van der Waals surface area (Å²) in [6.45, 7) is -1.71. The Morgan fingerprint density at radius 1 is 1.07 bits per heavy atom. The molecule has 1 heterocycles. The van der Waals surface area contributed by atoms with Crippen LogP contribution in [0.2, 0.25) is 0 Å². The van der Waals surface area contributed by atoms with Crippen molar-refractivity contribution < 1.29 is 13.6 Å². The molecule has 0 aromatic heterocycles. The van der Waals surface area contributed by atoms with Crippen molar-refractivity contribution in [3.63, 3.8) is 0 Å². The summed E-state index contributed by atoms with van der Waals surface area (Å²) < 4.78 is 16.3. The highest BCUT2D eigenvalue weighted by Gasteiger charge is 2.22. The summed E-state index contributed by atoms with van der Waals surface area (Å²) >= 11 is 5.23. The van der Waals surface area contributed by atoms with Gasteiger partial charge in [-0.2, -0.15) is 0 Å². The first kappa shape index (κ1) is 10.8. The Morgan fingerprint density at radius 2 is 1.67 bits per heavy atom. The third kappa shape index (κ3) is 3.14. The van der Waals surface area contributed by atoms with Crippen LogP contribution in [-0.4, -0.2) is 13.2 Å². The molecule has 1 aromatic carbocycles. The first-order valence-corrected chi connectivity index (χ1v) is 7.13. The van der Waals surface area contributed by atoms with E-state index in [0.29, 0.717) is 19.0 Å². The number of rotatable bonds is 2. The van der Waals surface area contributed by atoms with Gasteiger partial charge in [0.25, 0.3) is 0 Å². The van der Waals surface area contributed by atoms with E-state index < -0.39 is 6.72 Å². The summed E-state index contributed by atoms with van der Waals surface area (Å²) in [4.78, 5) is 0. The first-order chi connectivity index (χ1) is 7.29. The lowest BCUT2D eigenvalue weighted by molar-refractivity contribution is 0.243. The van der Waals surface area contributed by atoms with E-state index >= 15 is 0 Å². The Hall–Kier alpha value is -0.670. The molecule has 0 N–H and O–H groups in total. The van der Waals surface area contributed by atoms with E-state index in [-0.39, 0.29) is 0 Å². The van der Waals surface area contributed by atoms with Crippen LogP contribution in [0.15, 0.2) is 42.5 Å². The molecule has 0 saturated heterocycles. The zero-order chi connectivity index (χ0) is 10.6. The summed E-state index contributed by atoms with van der Waals surface area (Å²) in [7, 11) is 0. The molecule has 80 valence electrons. The minimum Gasteiger partial charge on any atom is -0.424 e. The van der Waals surface area contributed by atoms with E-state index in [0.717, 1.165) is 0 Å². The lowest BCUT2D eigenvalue weighted by Gasteiger charge is -2.19. The number of benzene rings is 1. The highest BCUT2D eigenvalue weighted by atomic mass is 32.5. The molecule has 0 spiro atoms. The van der Waals surface area contributed by atoms with Gasteiger partial charge in [0, 0.05) is 11.8 Å². The Bertz CT molecular complexity index is 377. The van der Waals surface area contributed by atoms with Crippen LogP contribution < -0.4 is 4.52 Å². The minimum atomic E-state index is -2.61. The Balaban J connectivity index is 2.07. The maximum atomic E-state index is 5.56. The van der Waals surface area contributed by atoms with Gasteiger partial charge in [0.2, 0.25) is 0 Å². The van der Waals surface area contributed by atoms with Crippen LogP contribution in [0, 0.1) is 0 Å². The van der Waals surface area contributed by atoms with Crippen LogP contribution >= 0.6 is 6.72 Å². The van der Waals surface area contributed by atoms with Gasteiger partial charge in [-0.05, 0) is 12.1 Å². The molecule has 1 aliphatic heterocycles. The minimum absolute atomic E-state index is 0.449. The molecular weight excluding hydrogens is 231 g/mol. The van der Waals surface area contributed by atoms with Crippen LogP contribution in [-0.2, 0) is 20.9 Å². The maximum Gasteiger partial charge on any atom is 0.381 e. The van der Waals surface area contributed by atoms with Gasteiger partial charge in [-0.1, -0.05) is 30.4 Å². The summed E-state index contributed by atoms with van der Waals surface area (Å²) in [6, 6.07) is 9.34. The molecule has 3 nitrogen and oxygen atoms in total. The molecule has 1 aliphatic rings. The van der Waals surface area contributed by atoms with Crippen molar-refractivity contribution in [2.75, 3.05) is 13.2 Å². The summed E-state index contributed by atoms with van der Waals surface area (Å²) in [5.74, 6) is 0.683. The molecule has 0 bridgehead atoms. The fourth-order valence-corrected chi connectivity index (χ4v) is 2.83. The van der Waals surface area contributed by atoms with E-state index in [2.05, 4.69) is 0 Å². The molecule has 0 fully saturated rings. The summed E-state index contributed by atoms with van der Waals surface area (Å²) in [5, 5.41) is 0. The van der Waals surface area contributed by atoms with Crippen LogP contribution in [0.4, 0.5) is 0 Å². The zero-order valence-corrected chi connectivity index (χ0v) is 9.75. The average molecular weight is 242 g/mol. The smallest absolute Gasteiger partial charge is 0.381 e. The van der Waals surface area contributed by atoms with Crippen molar-refractivity contribution in [3.8, 4) is 5.75 Å². The number of hydrogen-bond acceptors (Lipinski definition) is 4. The normalized spacial score (nSPS) is 19.5. The van der Waals surface area contributed by atoms with E-state index in [1.54, 1.807) is 0 Å². The molecule has 0 aliphatic carbocycles. The molecule has 0 amide bonds. The molecule has 1 aromatic rings. The number of para-hydroxylation sites is 1. The highest BCUT2D eigenvalue weighted by molar-refractivity contribution is 8.07. The van der Waals surface area contributed by atoms with E-state index in [4.69, 9.17) is 25.4 Å². The Labute approximate surface area is 93.9 Å². The molecular formula is C10H11O3PS. The third-order valence-corrected chi connectivity index (χ3v) is 4.01. The standard InChI is InChI=1S/C10H11O3PS/c15-14(11-8-4-5-9-12-14)13-10-6-2-1-3-7-10/h1-7H,8-9H2. The summed E-state index contributed by atoms with van der Waals surface area (Å²) in [6.07, 6.45) is 3.75. The zero-order valence-electron chi connectivity index (χ0n) is 8.04. The van der Waals surface area contributed by atoms with E-state index in [1.807, 2.05) is 42.5 Å². The van der Waals surface area contributed by atoms with Crippen molar-refractivity contribution in [1.82, 2.24) is 0 Å². The largest absolute Gasteiger partial charge is 0.424 e. The van der Waals surface area contributed by atoms with Crippen LogP contribution in [0.5, 0.6) is 5.75 Å². The Kier molecular flexibility index (Phi) is 3.54. The van der Waals surface area contributed by atoms with Crippen LogP contribution in [0.25, 0.3) is 0 Å². The molecule has 0 unspecified atom stereocenters. The van der Waals surface area contributed by atoms with Gasteiger partial charge >= 0.3 is 6.72 Å². The van der Waals surface area contributed by atoms with E-state index in [1.165, 1.54) is 0 Å². The molecule has 15 heavy (non-hydrogen) atoms. The molecule has 2 rings (SSSR count). The number of hydrogen-bond donors (Lipinski definition) is 0. The van der Waals surface area contributed by atoms with Gasteiger partial charge in [0.1, 0.15) is 5.75 Å². The van der Waals surface area contributed by atoms with Gasteiger partial charge in [-0.3, -0.25) is 9.05 Å². The lowest BCUT2D eigenvalue weighted by atomic mass is 10.3. The first-order valence-electron chi connectivity index (χ1n) is 4.57. The van der Waals surface area contributed by atoms with Crippen molar-refractivity contribution >= 4 is 18.5 Å². The highest BCUT2D eigenvalue weighted by Crippen LogP contribution is 2.50. The van der Waals surface area contributed by atoms with Gasteiger partial charge in [-0.25, -0.2) is 0 Å². The fourth-order valence-electron chi connectivity index (χ4n) is 1.11. The van der Waals surface area contributed by atoms with Crippen molar-refractivity contribution in [3.05, 3.63) is 42.5 Å². The molecule has 0 radical (unpaired) electrons. The quantitative estimate of drug-likeness (QED) is 0.588.